The Morgan fingerprint density at radius 2 is 2.12 bits per heavy atom. The molecule has 1 aromatic heterocycles. The Bertz CT molecular complexity index is 1010. The largest absolute Gasteiger partial charge is 0.318 e. The molecule has 10 heteroatoms. The average molecular weight is 380 g/mol. The molecular weight excluding hydrogens is 366 g/mol. The first-order valence-corrected chi connectivity index (χ1v) is 8.61. The molecule has 1 amide bonds. The van der Waals surface area contributed by atoms with E-state index in [1.807, 2.05) is 0 Å². The first-order valence-electron chi connectivity index (χ1n) is 7.17. The van der Waals surface area contributed by atoms with Gasteiger partial charge >= 0.3 is 0 Å². The third kappa shape index (κ3) is 4.09. The van der Waals surface area contributed by atoms with Gasteiger partial charge in [-0.1, -0.05) is 12.7 Å². The molecule has 2 aromatic rings. The lowest BCUT2D eigenvalue weighted by molar-refractivity contribution is -0.112. The summed E-state index contributed by atoms with van der Waals surface area (Å²) in [7, 11) is -4.39. The number of aromatic nitrogens is 2. The van der Waals surface area contributed by atoms with E-state index in [4.69, 9.17) is 0 Å². The van der Waals surface area contributed by atoms with E-state index in [1.165, 1.54) is 18.4 Å². The quantitative estimate of drug-likeness (QED) is 0.473. The van der Waals surface area contributed by atoms with E-state index in [1.54, 1.807) is 6.92 Å². The minimum absolute atomic E-state index is 0.0439. The minimum atomic E-state index is -4.39. The van der Waals surface area contributed by atoms with Crippen molar-refractivity contribution < 1.29 is 22.0 Å². The van der Waals surface area contributed by atoms with Crippen LogP contribution in [0, 0.1) is 11.6 Å². The summed E-state index contributed by atoms with van der Waals surface area (Å²) in [6.45, 7) is 5.09. The maximum atomic E-state index is 13.8. The van der Waals surface area contributed by atoms with Crippen LogP contribution in [-0.2, 0) is 14.8 Å². The fraction of sp³-hybridized carbons (Fsp3) is 0.0625. The van der Waals surface area contributed by atoms with Crippen LogP contribution in [0.4, 0.5) is 14.5 Å². The standard InChI is InChI=1S/C16H14F2N4O3S/c1-3-5-14(19-4-2)16(23)21-12-9-20-22(10-12)26(24,25)15-7-6-11(17)8-13(15)18/h3-10H,1H2,2H3,(H,21,23)/b14-5-,19-4?. The molecule has 1 heterocycles. The highest BCUT2D eigenvalue weighted by molar-refractivity contribution is 7.89. The molecule has 0 fully saturated rings. The third-order valence-electron chi connectivity index (χ3n) is 3.01. The number of carbonyl (C=O) groups is 1. The second-order valence-corrected chi connectivity index (χ2v) is 6.57. The summed E-state index contributed by atoms with van der Waals surface area (Å²) in [5.74, 6) is -2.78. The Morgan fingerprint density at radius 3 is 2.73 bits per heavy atom. The van der Waals surface area contributed by atoms with Crippen molar-refractivity contribution in [3.05, 3.63) is 66.7 Å². The summed E-state index contributed by atoms with van der Waals surface area (Å²) in [5.41, 5.74) is 0.0880. The van der Waals surface area contributed by atoms with Crippen LogP contribution in [0.25, 0.3) is 0 Å². The summed E-state index contributed by atoms with van der Waals surface area (Å²) in [6.07, 6.45) is 6.19. The number of halogens is 2. The summed E-state index contributed by atoms with van der Waals surface area (Å²) in [5, 5.41) is 6.02. The van der Waals surface area contributed by atoms with Gasteiger partial charge in [0.05, 0.1) is 18.1 Å². The molecule has 0 spiro atoms. The molecule has 0 aliphatic heterocycles. The lowest BCUT2D eigenvalue weighted by atomic mass is 10.3. The molecule has 0 radical (unpaired) electrons. The van der Waals surface area contributed by atoms with Gasteiger partial charge in [0.2, 0.25) is 0 Å². The normalized spacial score (nSPS) is 12.3. The Morgan fingerprint density at radius 1 is 1.38 bits per heavy atom. The van der Waals surface area contributed by atoms with Gasteiger partial charge < -0.3 is 5.32 Å². The molecule has 0 aliphatic carbocycles. The molecule has 0 atom stereocenters. The molecule has 136 valence electrons. The molecule has 1 aromatic carbocycles. The van der Waals surface area contributed by atoms with Crippen LogP contribution >= 0.6 is 0 Å². The van der Waals surface area contributed by atoms with Crippen LogP contribution in [0.15, 0.2) is 64.9 Å². The lowest BCUT2D eigenvalue weighted by Crippen LogP contribution is -2.16. The predicted molar refractivity (Wildman–Crippen MR) is 92.2 cm³/mol. The Kier molecular flexibility index (Phi) is 5.78. The van der Waals surface area contributed by atoms with Gasteiger partial charge in [0.15, 0.2) is 0 Å². The summed E-state index contributed by atoms with van der Waals surface area (Å²) >= 11 is 0. The van der Waals surface area contributed by atoms with Gasteiger partial charge in [-0.3, -0.25) is 9.79 Å². The van der Waals surface area contributed by atoms with Crippen molar-refractivity contribution in [3.8, 4) is 0 Å². The van der Waals surface area contributed by atoms with Gasteiger partial charge in [0, 0.05) is 12.3 Å². The number of rotatable bonds is 6. The van der Waals surface area contributed by atoms with Crippen molar-refractivity contribution in [1.82, 2.24) is 9.19 Å². The van der Waals surface area contributed by atoms with Gasteiger partial charge in [-0.15, -0.1) is 0 Å². The van der Waals surface area contributed by atoms with Crippen LogP contribution in [0.3, 0.4) is 0 Å². The highest BCUT2D eigenvalue weighted by atomic mass is 32.2. The molecule has 7 nitrogen and oxygen atoms in total. The zero-order valence-electron chi connectivity index (χ0n) is 13.6. The topological polar surface area (TPSA) is 93.4 Å². The van der Waals surface area contributed by atoms with Crippen molar-refractivity contribution in [1.29, 1.82) is 0 Å². The highest BCUT2D eigenvalue weighted by Crippen LogP contribution is 2.19. The molecule has 0 saturated carbocycles. The maximum Gasteiger partial charge on any atom is 0.285 e. The molecule has 1 N–H and O–H groups in total. The number of carbonyl (C=O) groups excluding carboxylic acids is 1. The second-order valence-electron chi connectivity index (χ2n) is 4.81. The van der Waals surface area contributed by atoms with E-state index in [9.17, 15) is 22.0 Å². The van der Waals surface area contributed by atoms with Crippen LogP contribution in [0.1, 0.15) is 6.92 Å². The molecular formula is C16H14F2N4O3S. The van der Waals surface area contributed by atoms with Gasteiger partial charge in [-0.2, -0.15) is 17.6 Å². The van der Waals surface area contributed by atoms with E-state index in [0.29, 0.717) is 10.2 Å². The smallest absolute Gasteiger partial charge is 0.285 e. The minimum Gasteiger partial charge on any atom is -0.318 e. The number of nitrogens with zero attached hydrogens (tertiary/aromatic N) is 3. The molecule has 26 heavy (non-hydrogen) atoms. The Labute approximate surface area is 148 Å². The number of allylic oxidation sites excluding steroid dienone is 2. The zero-order chi connectivity index (χ0) is 19.3. The van der Waals surface area contributed by atoms with E-state index < -0.39 is 32.5 Å². The van der Waals surface area contributed by atoms with Gasteiger partial charge in [0.25, 0.3) is 15.9 Å². The molecule has 0 saturated heterocycles. The molecule has 2 rings (SSSR count). The summed E-state index contributed by atoms with van der Waals surface area (Å²) in [6, 6.07) is 2.06. The summed E-state index contributed by atoms with van der Waals surface area (Å²) < 4.78 is 52.0. The van der Waals surface area contributed by atoms with E-state index in [2.05, 4.69) is 22.0 Å². The van der Waals surface area contributed by atoms with Crippen molar-refractivity contribution in [3.63, 3.8) is 0 Å². The lowest BCUT2D eigenvalue weighted by Gasteiger charge is -2.05. The molecule has 0 bridgehead atoms. The van der Waals surface area contributed by atoms with E-state index in [-0.39, 0.29) is 11.4 Å². The Balaban J connectivity index is 2.30. The third-order valence-corrected chi connectivity index (χ3v) is 4.59. The zero-order valence-corrected chi connectivity index (χ0v) is 14.4. The van der Waals surface area contributed by atoms with Gasteiger partial charge in [-0.25, -0.2) is 8.78 Å². The van der Waals surface area contributed by atoms with Crippen molar-refractivity contribution in [2.45, 2.75) is 11.8 Å². The Hall–Kier alpha value is -3.14. The number of aliphatic imine (C=N–C) groups is 1. The number of hydrogen-bond acceptors (Lipinski definition) is 5. The molecule has 0 aliphatic rings. The average Bonchev–Trinajstić information content (AvgIpc) is 3.03. The fourth-order valence-electron chi connectivity index (χ4n) is 1.91. The van der Waals surface area contributed by atoms with Crippen LogP contribution in [0.2, 0.25) is 0 Å². The predicted octanol–water partition coefficient (Wildman–Crippen LogP) is 2.50. The SMILES string of the molecule is C=C/C=C(\N=CC)C(=O)Nc1cnn(S(=O)(=O)c2ccc(F)cc2F)c1. The fourth-order valence-corrected chi connectivity index (χ4v) is 3.08. The van der Waals surface area contributed by atoms with Crippen LogP contribution in [0.5, 0.6) is 0 Å². The molecule has 0 unspecified atom stereocenters. The van der Waals surface area contributed by atoms with Crippen LogP contribution < -0.4 is 5.32 Å². The van der Waals surface area contributed by atoms with Gasteiger partial charge in [0.1, 0.15) is 22.2 Å². The number of hydrogen-bond donors (Lipinski definition) is 1. The van der Waals surface area contributed by atoms with E-state index >= 15 is 0 Å². The first-order chi connectivity index (χ1) is 12.3. The monoisotopic (exact) mass is 380 g/mol. The second kappa shape index (κ2) is 7.83. The van der Waals surface area contributed by atoms with Crippen LogP contribution in [-0.4, -0.2) is 29.7 Å². The number of nitrogens with one attached hydrogen (secondary N) is 1. The van der Waals surface area contributed by atoms with E-state index in [0.717, 1.165) is 24.5 Å². The number of amides is 1. The van der Waals surface area contributed by atoms with Crippen molar-refractivity contribution in [2.24, 2.45) is 4.99 Å². The maximum absolute atomic E-state index is 13.8. The number of benzene rings is 1. The number of anilines is 1. The van der Waals surface area contributed by atoms with Crippen molar-refractivity contribution in [2.75, 3.05) is 5.32 Å². The van der Waals surface area contributed by atoms with Crippen molar-refractivity contribution >= 4 is 27.8 Å². The first kappa shape index (κ1) is 19.2. The summed E-state index contributed by atoms with van der Waals surface area (Å²) in [4.78, 5) is 15.2. The highest BCUT2D eigenvalue weighted by Gasteiger charge is 2.23. The van der Waals surface area contributed by atoms with Gasteiger partial charge in [-0.05, 0) is 25.1 Å².